The monoisotopic (exact) mass is 359 g/mol. The second-order valence-electron chi connectivity index (χ2n) is 6.26. The molecule has 124 valence electrons. The molecule has 0 atom stereocenters. The Kier molecular flexibility index (Phi) is 4.40. The highest BCUT2D eigenvalue weighted by atomic mass is 35.5. The van der Waals surface area contributed by atoms with Gasteiger partial charge in [-0.05, 0) is 47.3 Å². The van der Waals surface area contributed by atoms with Gasteiger partial charge in [-0.2, -0.15) is 0 Å². The first-order valence-electron chi connectivity index (χ1n) is 8.17. The van der Waals surface area contributed by atoms with Crippen molar-refractivity contribution >= 4 is 39.8 Å². The van der Waals surface area contributed by atoms with Crippen molar-refractivity contribution in [1.82, 2.24) is 9.88 Å². The van der Waals surface area contributed by atoms with Crippen LogP contribution >= 0.6 is 23.2 Å². The zero-order valence-corrected chi connectivity index (χ0v) is 14.8. The van der Waals surface area contributed by atoms with Crippen LogP contribution in [0, 0.1) is 0 Å². The average molecular weight is 360 g/mol. The Morgan fingerprint density at radius 1 is 0.875 bits per heavy atom. The topological polar surface area (TPSA) is 22.3 Å². The molecule has 3 aromatic rings. The Hall–Kier alpha value is -1.68. The first-order chi connectivity index (χ1) is 11.7. The highest BCUT2D eigenvalue weighted by molar-refractivity contribution is 6.42. The van der Waals surface area contributed by atoms with Gasteiger partial charge >= 0.3 is 0 Å². The molecule has 0 spiro atoms. The van der Waals surface area contributed by atoms with Crippen LogP contribution in [0.3, 0.4) is 0 Å². The highest BCUT2D eigenvalue weighted by Crippen LogP contribution is 2.28. The molecule has 0 radical (unpaired) electrons. The second-order valence-corrected chi connectivity index (χ2v) is 7.08. The smallest absolute Gasteiger partial charge is 0.0612 e. The fraction of sp³-hybridized carbons (Fsp3) is 0.263. The zero-order valence-electron chi connectivity index (χ0n) is 13.3. The summed E-state index contributed by atoms with van der Waals surface area (Å²) < 4.78 is 0. The van der Waals surface area contributed by atoms with Crippen molar-refractivity contribution in [3.05, 3.63) is 64.3 Å². The van der Waals surface area contributed by atoms with E-state index in [4.69, 9.17) is 23.2 Å². The Morgan fingerprint density at radius 3 is 2.50 bits per heavy atom. The number of nitrogens with zero attached hydrogens (tertiary/aromatic N) is 2. The summed E-state index contributed by atoms with van der Waals surface area (Å²) in [6.45, 7) is 5.10. The number of anilines is 1. The molecule has 3 nitrogen and oxygen atoms in total. The van der Waals surface area contributed by atoms with Crippen molar-refractivity contribution in [2.24, 2.45) is 0 Å². The van der Waals surface area contributed by atoms with Gasteiger partial charge in [0.15, 0.2) is 0 Å². The Morgan fingerprint density at radius 2 is 1.71 bits per heavy atom. The summed E-state index contributed by atoms with van der Waals surface area (Å²) in [5, 5.41) is 2.51. The molecule has 0 unspecified atom stereocenters. The third kappa shape index (κ3) is 3.25. The molecule has 1 aromatic heterocycles. The number of hydrogen-bond donors (Lipinski definition) is 1. The summed E-state index contributed by atoms with van der Waals surface area (Å²) in [7, 11) is 0. The number of aromatic amines is 1. The number of H-pyrrole nitrogens is 1. The van der Waals surface area contributed by atoms with Gasteiger partial charge in [-0.25, -0.2) is 0 Å². The van der Waals surface area contributed by atoms with Crippen molar-refractivity contribution < 1.29 is 0 Å². The van der Waals surface area contributed by atoms with Crippen LogP contribution < -0.4 is 4.90 Å². The van der Waals surface area contributed by atoms with E-state index in [-0.39, 0.29) is 0 Å². The summed E-state index contributed by atoms with van der Waals surface area (Å²) in [4.78, 5) is 8.11. The number of hydrogen-bond acceptors (Lipinski definition) is 2. The molecule has 1 saturated heterocycles. The maximum Gasteiger partial charge on any atom is 0.0612 e. The van der Waals surface area contributed by atoms with Crippen LogP contribution in [0.1, 0.15) is 5.56 Å². The number of aromatic nitrogens is 1. The fourth-order valence-electron chi connectivity index (χ4n) is 3.31. The van der Waals surface area contributed by atoms with Crippen molar-refractivity contribution in [1.29, 1.82) is 0 Å². The van der Waals surface area contributed by atoms with Gasteiger partial charge in [0.2, 0.25) is 0 Å². The van der Waals surface area contributed by atoms with Crippen molar-refractivity contribution in [3.8, 4) is 0 Å². The van der Waals surface area contributed by atoms with E-state index >= 15 is 0 Å². The largest absolute Gasteiger partial charge is 0.369 e. The minimum Gasteiger partial charge on any atom is -0.369 e. The lowest BCUT2D eigenvalue weighted by Crippen LogP contribution is -2.45. The van der Waals surface area contributed by atoms with Gasteiger partial charge in [0.25, 0.3) is 0 Å². The highest BCUT2D eigenvalue weighted by Gasteiger charge is 2.18. The molecule has 2 aromatic carbocycles. The van der Waals surface area contributed by atoms with Crippen LogP contribution in [0.25, 0.3) is 10.9 Å². The van der Waals surface area contributed by atoms with Gasteiger partial charge in [0.1, 0.15) is 0 Å². The first-order valence-corrected chi connectivity index (χ1v) is 8.93. The lowest BCUT2D eigenvalue weighted by Gasteiger charge is -2.36. The quantitative estimate of drug-likeness (QED) is 0.725. The van der Waals surface area contributed by atoms with Crippen molar-refractivity contribution in [3.63, 3.8) is 0 Å². The molecular weight excluding hydrogens is 341 g/mol. The van der Waals surface area contributed by atoms with E-state index in [9.17, 15) is 0 Å². The molecule has 1 aliphatic heterocycles. The molecule has 1 aliphatic rings. The van der Waals surface area contributed by atoms with Crippen molar-refractivity contribution in [2.75, 3.05) is 31.1 Å². The van der Waals surface area contributed by atoms with Crippen LogP contribution in [-0.2, 0) is 6.54 Å². The number of rotatable bonds is 3. The van der Waals surface area contributed by atoms with Gasteiger partial charge in [0, 0.05) is 50.1 Å². The number of piperazine rings is 1. The molecule has 1 N–H and O–H groups in total. The predicted molar refractivity (Wildman–Crippen MR) is 102 cm³/mol. The number of fused-ring (bicyclic) bond motifs is 1. The maximum atomic E-state index is 6.14. The minimum atomic E-state index is 0.610. The van der Waals surface area contributed by atoms with Gasteiger partial charge in [-0.1, -0.05) is 29.3 Å². The fourth-order valence-corrected chi connectivity index (χ4v) is 3.60. The lowest BCUT2D eigenvalue weighted by molar-refractivity contribution is 0.250. The standard InChI is InChI=1S/C19H19Cl2N3/c20-17-3-2-16(12-18(17)21)24-9-7-23(8-10-24)13-14-1-4-19-15(11-14)5-6-22-19/h1-6,11-12,22H,7-10,13H2. The van der Waals surface area contributed by atoms with Crippen LogP contribution in [0.15, 0.2) is 48.7 Å². The zero-order chi connectivity index (χ0) is 16.5. The van der Waals surface area contributed by atoms with E-state index in [1.807, 2.05) is 24.4 Å². The summed E-state index contributed by atoms with van der Waals surface area (Å²) in [5.74, 6) is 0. The molecule has 24 heavy (non-hydrogen) atoms. The number of benzene rings is 2. The molecular formula is C19H19Cl2N3. The molecule has 4 rings (SSSR count). The van der Waals surface area contributed by atoms with Crippen LogP contribution in [-0.4, -0.2) is 36.1 Å². The first kappa shape index (κ1) is 15.8. The summed E-state index contributed by atoms with van der Waals surface area (Å²) in [5.41, 5.74) is 3.71. The third-order valence-corrected chi connectivity index (χ3v) is 5.40. The summed E-state index contributed by atoms with van der Waals surface area (Å²) >= 11 is 12.1. The Labute approximate surface area is 151 Å². The van der Waals surface area contributed by atoms with Gasteiger partial charge in [-0.15, -0.1) is 0 Å². The van der Waals surface area contributed by atoms with E-state index in [1.165, 1.54) is 16.5 Å². The van der Waals surface area contributed by atoms with Gasteiger partial charge in [0.05, 0.1) is 10.0 Å². The van der Waals surface area contributed by atoms with Gasteiger partial charge < -0.3 is 9.88 Å². The van der Waals surface area contributed by atoms with E-state index in [0.717, 1.165) is 38.4 Å². The van der Waals surface area contributed by atoms with Gasteiger partial charge in [-0.3, -0.25) is 4.90 Å². The number of halogens is 2. The molecule has 5 heteroatoms. The molecule has 1 fully saturated rings. The minimum absolute atomic E-state index is 0.610. The Balaban J connectivity index is 1.39. The SMILES string of the molecule is Clc1ccc(N2CCN(Cc3ccc4[nH]ccc4c3)CC2)cc1Cl. The summed E-state index contributed by atoms with van der Waals surface area (Å²) in [6, 6.07) is 14.7. The number of nitrogens with one attached hydrogen (secondary N) is 1. The molecule has 2 heterocycles. The lowest BCUT2D eigenvalue weighted by atomic mass is 10.1. The second kappa shape index (κ2) is 6.67. The average Bonchev–Trinajstić information content (AvgIpc) is 3.06. The molecule has 0 aliphatic carbocycles. The van der Waals surface area contributed by atoms with E-state index in [0.29, 0.717) is 10.0 Å². The van der Waals surface area contributed by atoms with Crippen molar-refractivity contribution in [2.45, 2.75) is 6.54 Å². The molecule has 0 amide bonds. The normalized spacial score (nSPS) is 16.0. The van der Waals surface area contributed by atoms with E-state index in [2.05, 4.69) is 39.0 Å². The summed E-state index contributed by atoms with van der Waals surface area (Å²) in [6.07, 6.45) is 1.99. The third-order valence-electron chi connectivity index (χ3n) is 4.66. The molecule has 0 saturated carbocycles. The van der Waals surface area contributed by atoms with Crippen LogP contribution in [0.4, 0.5) is 5.69 Å². The van der Waals surface area contributed by atoms with Crippen LogP contribution in [0.2, 0.25) is 10.0 Å². The van der Waals surface area contributed by atoms with E-state index < -0.39 is 0 Å². The molecule has 0 bridgehead atoms. The maximum absolute atomic E-state index is 6.14. The Bertz CT molecular complexity index is 851. The predicted octanol–water partition coefficient (Wildman–Crippen LogP) is 4.80. The van der Waals surface area contributed by atoms with E-state index in [1.54, 1.807) is 0 Å². The van der Waals surface area contributed by atoms with Crippen LogP contribution in [0.5, 0.6) is 0 Å².